The second kappa shape index (κ2) is 27.0. The Balaban J connectivity index is -0.0000000877. The second-order valence-electron chi connectivity index (χ2n) is 6.14. The number of hydrogen-bond acceptors (Lipinski definition) is 2. The molecular weight excluding hydrogens is 336 g/mol. The number of Topliss-reactive ketones (excluding diaryl/α,β-unsaturated/α-hetero) is 1. The molecule has 3 heteroatoms. The van der Waals surface area contributed by atoms with E-state index < -0.39 is 0 Å². The van der Waals surface area contributed by atoms with Crippen LogP contribution in [0.25, 0.3) is 0 Å². The lowest BCUT2D eigenvalue weighted by Crippen LogP contribution is -2.00. The smallest absolute Gasteiger partial charge is 0.130 e. The first-order valence-electron chi connectivity index (χ1n) is 10.3. The van der Waals surface area contributed by atoms with Gasteiger partial charge in [0.1, 0.15) is 5.78 Å². The molecule has 1 aromatic carbocycles. The van der Waals surface area contributed by atoms with Crippen LogP contribution in [0, 0.1) is 33.6 Å². The van der Waals surface area contributed by atoms with Gasteiger partial charge in [-0.1, -0.05) is 72.1 Å². The van der Waals surface area contributed by atoms with Gasteiger partial charge < -0.3 is 15.4 Å². The molecule has 27 heavy (non-hydrogen) atoms. The van der Waals surface area contributed by atoms with Crippen LogP contribution in [0.5, 0.6) is 0 Å². The number of carbonyl (C=O) groups is 1. The molecule has 0 fully saturated rings. The van der Waals surface area contributed by atoms with E-state index in [1.54, 1.807) is 13.8 Å². The summed E-state index contributed by atoms with van der Waals surface area (Å²) >= 11 is 0. The van der Waals surface area contributed by atoms with Crippen molar-refractivity contribution in [3.05, 3.63) is 34.4 Å². The minimum absolute atomic E-state index is 0. The van der Waals surface area contributed by atoms with Crippen molar-refractivity contribution in [2.45, 2.75) is 102 Å². The second-order valence-corrected chi connectivity index (χ2v) is 6.14. The molecule has 1 unspecified atom stereocenters. The van der Waals surface area contributed by atoms with Crippen LogP contribution >= 0.6 is 0 Å². The summed E-state index contributed by atoms with van der Waals surface area (Å²) in [5.74, 6) is 0.906. The molecule has 0 heterocycles. The summed E-state index contributed by atoms with van der Waals surface area (Å²) in [5, 5.41) is 7.57. The minimum atomic E-state index is 0. The van der Waals surface area contributed by atoms with Gasteiger partial charge in [0.05, 0.1) is 0 Å². The molecule has 3 N–H and O–H groups in total. The molecule has 0 spiro atoms. The molecule has 1 aromatic rings. The van der Waals surface area contributed by atoms with E-state index in [9.17, 15) is 4.79 Å². The lowest BCUT2D eigenvalue weighted by Gasteiger charge is -2.04. The largest absolute Gasteiger partial charge is 0.412 e. The molecular formula is C24H50O3. The normalized spacial score (nSPS) is 9.22. The van der Waals surface area contributed by atoms with Gasteiger partial charge in [0.15, 0.2) is 0 Å². The SMILES string of the molecule is CC.CC.CCCC(C)CC(C)=O.CCO.Cc1cc(C)c(C)c(C)c1.O. The van der Waals surface area contributed by atoms with Crippen LogP contribution in [0.15, 0.2) is 12.1 Å². The summed E-state index contributed by atoms with van der Waals surface area (Å²) in [7, 11) is 0. The molecule has 1 rings (SSSR count). The highest BCUT2D eigenvalue weighted by atomic mass is 16.2. The van der Waals surface area contributed by atoms with Crippen LogP contribution in [-0.2, 0) is 4.79 Å². The Hall–Kier alpha value is -1.19. The summed E-state index contributed by atoms with van der Waals surface area (Å²) in [6, 6.07) is 4.45. The first kappa shape index (κ1) is 36.7. The van der Waals surface area contributed by atoms with Gasteiger partial charge in [-0.2, -0.15) is 0 Å². The Labute approximate surface area is 170 Å². The number of benzene rings is 1. The molecule has 0 saturated carbocycles. The predicted octanol–water partition coefficient (Wildman–Crippen LogP) is 6.55. The van der Waals surface area contributed by atoms with E-state index in [0.29, 0.717) is 11.7 Å². The van der Waals surface area contributed by atoms with Gasteiger partial charge in [-0.05, 0) is 64.2 Å². The van der Waals surface area contributed by atoms with E-state index in [1.165, 1.54) is 35.1 Å². The van der Waals surface area contributed by atoms with Crippen LogP contribution in [0.4, 0.5) is 0 Å². The maximum absolute atomic E-state index is 10.5. The van der Waals surface area contributed by atoms with Gasteiger partial charge in [-0.25, -0.2) is 0 Å². The Morgan fingerprint density at radius 3 is 1.56 bits per heavy atom. The van der Waals surface area contributed by atoms with Crippen LogP contribution in [0.1, 0.15) is 96.9 Å². The first-order valence-corrected chi connectivity index (χ1v) is 10.3. The van der Waals surface area contributed by atoms with E-state index in [0.717, 1.165) is 6.42 Å². The molecule has 0 aliphatic carbocycles. The fourth-order valence-electron chi connectivity index (χ4n) is 2.34. The van der Waals surface area contributed by atoms with Crippen molar-refractivity contribution in [3.63, 3.8) is 0 Å². The quantitative estimate of drug-likeness (QED) is 0.637. The summed E-state index contributed by atoms with van der Waals surface area (Å²) in [5.41, 5.74) is 5.58. The molecule has 0 radical (unpaired) electrons. The van der Waals surface area contributed by atoms with Crippen LogP contribution in [0.2, 0.25) is 0 Å². The maximum Gasteiger partial charge on any atom is 0.130 e. The molecule has 1 atom stereocenters. The number of aliphatic hydroxyl groups is 1. The van der Waals surface area contributed by atoms with Gasteiger partial charge in [0.25, 0.3) is 0 Å². The topological polar surface area (TPSA) is 68.8 Å². The van der Waals surface area contributed by atoms with Gasteiger partial charge in [0.2, 0.25) is 0 Å². The van der Waals surface area contributed by atoms with E-state index in [4.69, 9.17) is 5.11 Å². The summed E-state index contributed by atoms with van der Waals surface area (Å²) < 4.78 is 0. The Morgan fingerprint density at radius 2 is 1.30 bits per heavy atom. The van der Waals surface area contributed by atoms with E-state index in [2.05, 4.69) is 53.7 Å². The lowest BCUT2D eigenvalue weighted by molar-refractivity contribution is -0.117. The highest BCUT2D eigenvalue weighted by Gasteiger charge is 2.02. The minimum Gasteiger partial charge on any atom is -0.412 e. The van der Waals surface area contributed by atoms with Gasteiger partial charge in [0, 0.05) is 13.0 Å². The fourth-order valence-corrected chi connectivity index (χ4v) is 2.34. The number of aliphatic hydroxyl groups excluding tert-OH is 1. The molecule has 3 nitrogen and oxygen atoms in total. The Morgan fingerprint density at radius 1 is 0.963 bits per heavy atom. The predicted molar refractivity (Wildman–Crippen MR) is 124 cm³/mol. The van der Waals surface area contributed by atoms with Gasteiger partial charge in [-0.15, -0.1) is 0 Å². The maximum atomic E-state index is 10.5. The zero-order valence-electron chi connectivity index (χ0n) is 20.4. The average Bonchev–Trinajstić information content (AvgIpc) is 2.57. The molecule has 0 amide bonds. The molecule has 0 saturated heterocycles. The fraction of sp³-hybridized carbons (Fsp3) is 0.708. The molecule has 0 aliphatic heterocycles. The van der Waals surface area contributed by atoms with E-state index >= 15 is 0 Å². The van der Waals surface area contributed by atoms with E-state index in [-0.39, 0.29) is 12.1 Å². The van der Waals surface area contributed by atoms with Crippen LogP contribution in [0.3, 0.4) is 0 Å². The van der Waals surface area contributed by atoms with Crippen LogP contribution < -0.4 is 0 Å². The number of carbonyl (C=O) groups excluding carboxylic acids is 1. The number of ketones is 1. The molecule has 0 aromatic heterocycles. The average molecular weight is 387 g/mol. The molecule has 0 bridgehead atoms. The van der Waals surface area contributed by atoms with Crippen LogP contribution in [-0.4, -0.2) is 23.0 Å². The third-order valence-electron chi connectivity index (χ3n) is 3.49. The number of aryl methyl sites for hydroxylation is 3. The Bertz CT molecular complexity index is 403. The zero-order chi connectivity index (χ0) is 21.7. The summed E-state index contributed by atoms with van der Waals surface area (Å²) in [4.78, 5) is 10.5. The first-order chi connectivity index (χ1) is 12.2. The van der Waals surface area contributed by atoms with Crippen molar-refractivity contribution < 1.29 is 15.4 Å². The summed E-state index contributed by atoms with van der Waals surface area (Å²) in [6.07, 6.45) is 3.13. The van der Waals surface area contributed by atoms with Crippen molar-refractivity contribution >= 4 is 5.78 Å². The van der Waals surface area contributed by atoms with Gasteiger partial charge in [-0.3, -0.25) is 0 Å². The monoisotopic (exact) mass is 386 g/mol. The lowest BCUT2D eigenvalue weighted by atomic mass is 10.0. The molecule has 0 aliphatic rings. The van der Waals surface area contributed by atoms with Crippen molar-refractivity contribution in [3.8, 4) is 0 Å². The highest BCUT2D eigenvalue weighted by molar-refractivity contribution is 5.75. The third kappa shape index (κ3) is 27.1. The highest BCUT2D eigenvalue weighted by Crippen LogP contribution is 2.14. The standard InChI is InChI=1S/C10H14.C8H16O.C2H6O.2C2H6.H2O/c1-7-5-8(2)10(4)9(3)6-7;1-4-5-7(2)6-8(3)9;1-2-3;2*1-2;/h5-6H,1-4H3;7H,4-6H2,1-3H3;3H,2H2,1H3;2*1-2H3;1H2. The number of rotatable bonds is 4. The zero-order valence-corrected chi connectivity index (χ0v) is 20.4. The van der Waals surface area contributed by atoms with Crippen molar-refractivity contribution in [2.24, 2.45) is 5.92 Å². The van der Waals surface area contributed by atoms with Crippen molar-refractivity contribution in [1.82, 2.24) is 0 Å². The van der Waals surface area contributed by atoms with Crippen molar-refractivity contribution in [1.29, 1.82) is 0 Å². The third-order valence-corrected chi connectivity index (χ3v) is 3.49. The summed E-state index contributed by atoms with van der Waals surface area (Å²) in [6.45, 7) is 24.5. The molecule has 164 valence electrons. The van der Waals surface area contributed by atoms with Crippen molar-refractivity contribution in [2.75, 3.05) is 6.61 Å². The Kier molecular flexibility index (Phi) is 36.7. The number of hydrogen-bond donors (Lipinski definition) is 1. The van der Waals surface area contributed by atoms with E-state index in [1.807, 2.05) is 27.7 Å². The van der Waals surface area contributed by atoms with Gasteiger partial charge >= 0.3 is 0 Å².